The Hall–Kier alpha value is -1.74. The zero-order valence-corrected chi connectivity index (χ0v) is 5.47. The average molecular weight is 131 g/mol. The highest BCUT2D eigenvalue weighted by Gasteiger charge is 1.92. The molecule has 48 valence electrons. The molecule has 1 aromatic heterocycles. The van der Waals surface area contributed by atoms with Crippen molar-refractivity contribution >= 4 is 0 Å². The number of hydrogen-bond donors (Lipinski definition) is 1. The number of H-pyrrole nitrogens is 1. The van der Waals surface area contributed by atoms with Crippen molar-refractivity contribution in [2.45, 2.75) is 6.92 Å². The highest BCUT2D eigenvalue weighted by atomic mass is 15.1. The Morgan fingerprint density at radius 1 is 1.70 bits per heavy atom. The molecule has 0 amide bonds. The minimum atomic E-state index is 0.779. The van der Waals surface area contributed by atoms with Crippen molar-refractivity contribution in [2.75, 3.05) is 0 Å². The maximum Gasteiger partial charge on any atom is 0.152 e. The molecule has 0 unspecified atom stereocenters. The predicted octanol–water partition coefficient (Wildman–Crippen LogP) is 0.593. The van der Waals surface area contributed by atoms with Gasteiger partial charge in [-0.25, -0.2) is 0 Å². The molecule has 1 aromatic rings. The van der Waals surface area contributed by atoms with Gasteiger partial charge < -0.3 is 0 Å². The van der Waals surface area contributed by atoms with Gasteiger partial charge in [-0.15, -0.1) is 0 Å². The van der Waals surface area contributed by atoms with Gasteiger partial charge in [0.2, 0.25) is 0 Å². The molecule has 0 aromatic carbocycles. The Labute approximate surface area is 58.7 Å². The Kier molecular flexibility index (Phi) is 1.72. The van der Waals surface area contributed by atoms with Crippen LogP contribution < -0.4 is 0 Å². The summed E-state index contributed by atoms with van der Waals surface area (Å²) in [5.74, 6) is 4.92. The van der Waals surface area contributed by atoms with Crippen molar-refractivity contribution in [1.82, 2.24) is 10.2 Å². The van der Waals surface area contributed by atoms with E-state index in [0.29, 0.717) is 0 Å². The van der Waals surface area contributed by atoms with Crippen molar-refractivity contribution in [1.29, 1.82) is 5.26 Å². The number of aromatic amines is 1. The van der Waals surface area contributed by atoms with E-state index in [-0.39, 0.29) is 0 Å². The van der Waals surface area contributed by atoms with Crippen LogP contribution >= 0.6 is 0 Å². The van der Waals surface area contributed by atoms with E-state index in [9.17, 15) is 0 Å². The van der Waals surface area contributed by atoms with Crippen molar-refractivity contribution in [2.24, 2.45) is 0 Å². The Balaban J connectivity index is 2.97. The Morgan fingerprint density at radius 2 is 2.50 bits per heavy atom. The van der Waals surface area contributed by atoms with E-state index < -0.39 is 0 Å². The Bertz CT molecular complexity index is 319. The van der Waals surface area contributed by atoms with E-state index in [1.165, 1.54) is 0 Å². The second kappa shape index (κ2) is 2.70. The first-order chi connectivity index (χ1) is 4.84. The first-order valence-electron chi connectivity index (χ1n) is 2.74. The summed E-state index contributed by atoms with van der Waals surface area (Å²) >= 11 is 0. The molecule has 0 aliphatic rings. The van der Waals surface area contributed by atoms with Crippen LogP contribution in [0.5, 0.6) is 0 Å². The van der Waals surface area contributed by atoms with Gasteiger partial charge in [0.15, 0.2) is 6.07 Å². The molecule has 3 nitrogen and oxygen atoms in total. The number of nitrogens with one attached hydrogen (secondary N) is 1. The average Bonchev–Trinajstić information content (AvgIpc) is 2.31. The van der Waals surface area contributed by atoms with E-state index in [2.05, 4.69) is 22.0 Å². The largest absolute Gasteiger partial charge is 0.282 e. The molecular formula is C7H5N3. The SMILES string of the molecule is Cc1[nH]ncc1C#CC#N. The van der Waals surface area contributed by atoms with Gasteiger partial charge in [-0.05, 0) is 12.8 Å². The summed E-state index contributed by atoms with van der Waals surface area (Å²) in [6.07, 6.45) is 1.60. The fourth-order valence-corrected chi connectivity index (χ4v) is 0.572. The van der Waals surface area contributed by atoms with E-state index >= 15 is 0 Å². The molecule has 0 spiro atoms. The summed E-state index contributed by atoms with van der Waals surface area (Å²) in [5.41, 5.74) is 1.67. The van der Waals surface area contributed by atoms with Gasteiger partial charge >= 0.3 is 0 Å². The summed E-state index contributed by atoms with van der Waals surface area (Å²) in [6, 6.07) is 1.73. The molecule has 1 N–H and O–H groups in total. The summed E-state index contributed by atoms with van der Waals surface area (Å²) in [4.78, 5) is 0. The molecule has 0 atom stereocenters. The quantitative estimate of drug-likeness (QED) is 0.524. The van der Waals surface area contributed by atoms with Gasteiger partial charge in [0.05, 0.1) is 11.8 Å². The first kappa shape index (κ1) is 6.38. The van der Waals surface area contributed by atoms with E-state index in [0.717, 1.165) is 11.3 Å². The van der Waals surface area contributed by atoms with Crippen LogP contribution in [0.1, 0.15) is 11.3 Å². The van der Waals surface area contributed by atoms with Crippen LogP contribution in [0.4, 0.5) is 0 Å². The number of aryl methyl sites for hydroxylation is 1. The lowest BCUT2D eigenvalue weighted by molar-refractivity contribution is 1.05. The smallest absolute Gasteiger partial charge is 0.152 e. The number of rotatable bonds is 0. The lowest BCUT2D eigenvalue weighted by Crippen LogP contribution is -1.73. The van der Waals surface area contributed by atoms with Crippen LogP contribution in [0, 0.1) is 30.1 Å². The maximum absolute atomic E-state index is 8.10. The summed E-state index contributed by atoms with van der Waals surface area (Å²) < 4.78 is 0. The molecule has 1 heterocycles. The Morgan fingerprint density at radius 3 is 3.00 bits per heavy atom. The second-order valence-electron chi connectivity index (χ2n) is 1.77. The van der Waals surface area contributed by atoms with Crippen molar-refractivity contribution in [3.8, 4) is 17.9 Å². The normalized spacial score (nSPS) is 7.60. The summed E-state index contributed by atoms with van der Waals surface area (Å²) in [7, 11) is 0. The monoisotopic (exact) mass is 131 g/mol. The third kappa shape index (κ3) is 1.15. The standard InChI is InChI=1S/C7H5N3/c1-6-7(3-2-4-8)5-9-10-6/h5H,1H3,(H,9,10). The van der Waals surface area contributed by atoms with Gasteiger partial charge in [0.25, 0.3) is 0 Å². The maximum atomic E-state index is 8.10. The number of hydrogen-bond acceptors (Lipinski definition) is 2. The minimum Gasteiger partial charge on any atom is -0.282 e. The van der Waals surface area contributed by atoms with Gasteiger partial charge in [-0.3, -0.25) is 5.10 Å². The summed E-state index contributed by atoms with van der Waals surface area (Å²) in [6.45, 7) is 1.86. The summed E-state index contributed by atoms with van der Waals surface area (Å²) in [5, 5.41) is 14.6. The molecule has 0 aliphatic heterocycles. The predicted molar refractivity (Wildman–Crippen MR) is 35.8 cm³/mol. The zero-order chi connectivity index (χ0) is 7.40. The van der Waals surface area contributed by atoms with Crippen LogP contribution in [-0.2, 0) is 0 Å². The van der Waals surface area contributed by atoms with Gasteiger partial charge in [-0.1, -0.05) is 0 Å². The van der Waals surface area contributed by atoms with Crippen molar-refractivity contribution in [3.05, 3.63) is 17.5 Å². The lowest BCUT2D eigenvalue weighted by Gasteiger charge is -1.79. The second-order valence-corrected chi connectivity index (χ2v) is 1.77. The number of nitriles is 1. The van der Waals surface area contributed by atoms with E-state index in [4.69, 9.17) is 5.26 Å². The van der Waals surface area contributed by atoms with Crippen molar-refractivity contribution < 1.29 is 0 Å². The molecule has 3 heteroatoms. The topological polar surface area (TPSA) is 52.5 Å². The first-order valence-corrected chi connectivity index (χ1v) is 2.74. The van der Waals surface area contributed by atoms with Crippen molar-refractivity contribution in [3.63, 3.8) is 0 Å². The molecule has 0 radical (unpaired) electrons. The fraction of sp³-hybridized carbons (Fsp3) is 0.143. The third-order valence-corrected chi connectivity index (χ3v) is 1.08. The molecular weight excluding hydrogens is 126 g/mol. The number of aromatic nitrogens is 2. The zero-order valence-electron chi connectivity index (χ0n) is 5.47. The van der Waals surface area contributed by atoms with Crippen LogP contribution in [0.2, 0.25) is 0 Å². The van der Waals surface area contributed by atoms with Crippen LogP contribution in [-0.4, -0.2) is 10.2 Å². The van der Waals surface area contributed by atoms with Crippen LogP contribution in [0.3, 0.4) is 0 Å². The van der Waals surface area contributed by atoms with E-state index in [1.54, 1.807) is 12.3 Å². The minimum absolute atomic E-state index is 0.779. The van der Waals surface area contributed by atoms with Gasteiger partial charge in [0.1, 0.15) is 0 Å². The highest BCUT2D eigenvalue weighted by molar-refractivity contribution is 5.38. The highest BCUT2D eigenvalue weighted by Crippen LogP contribution is 1.98. The fourth-order valence-electron chi connectivity index (χ4n) is 0.572. The lowest BCUT2D eigenvalue weighted by atomic mass is 10.3. The molecule has 1 rings (SSSR count). The molecule has 0 bridgehead atoms. The number of nitrogens with zero attached hydrogens (tertiary/aromatic N) is 2. The molecule has 0 fully saturated rings. The van der Waals surface area contributed by atoms with Gasteiger partial charge in [0, 0.05) is 11.6 Å². The van der Waals surface area contributed by atoms with E-state index in [1.807, 2.05) is 6.92 Å². The van der Waals surface area contributed by atoms with Gasteiger partial charge in [-0.2, -0.15) is 10.4 Å². The van der Waals surface area contributed by atoms with Crippen LogP contribution in [0.25, 0.3) is 0 Å². The third-order valence-electron chi connectivity index (χ3n) is 1.08. The molecule has 10 heavy (non-hydrogen) atoms. The molecule has 0 saturated carbocycles. The molecule has 0 saturated heterocycles. The van der Waals surface area contributed by atoms with Crippen LogP contribution in [0.15, 0.2) is 6.20 Å². The molecule has 0 aliphatic carbocycles.